The van der Waals surface area contributed by atoms with Crippen LogP contribution in [0.3, 0.4) is 0 Å². The molecule has 0 amide bonds. The molecule has 0 N–H and O–H groups in total. The van der Waals surface area contributed by atoms with E-state index in [0.717, 1.165) is 0 Å². The van der Waals surface area contributed by atoms with Gasteiger partial charge in [-0.05, 0) is 18.1 Å². The zero-order chi connectivity index (χ0) is 11.1. The summed E-state index contributed by atoms with van der Waals surface area (Å²) in [6, 6.07) is 19.0. The first-order chi connectivity index (χ1) is 7.36. The number of rotatable bonds is 1. The van der Waals surface area contributed by atoms with Crippen molar-refractivity contribution in [2.24, 2.45) is 0 Å². The van der Waals surface area contributed by atoms with E-state index in [2.05, 4.69) is 55.5 Å². The van der Waals surface area contributed by atoms with Crippen molar-refractivity contribution < 1.29 is 0 Å². The van der Waals surface area contributed by atoms with Gasteiger partial charge in [0.2, 0.25) is 0 Å². The zero-order valence-corrected chi connectivity index (χ0v) is 10.3. The third-order valence-electron chi connectivity index (χ3n) is 2.16. The molecule has 3 radical (unpaired) electrons. The van der Waals surface area contributed by atoms with E-state index in [0.29, 0.717) is 0 Å². The Labute approximate surface area is 101 Å². The lowest BCUT2D eigenvalue weighted by Gasteiger charge is -2.00. The summed E-state index contributed by atoms with van der Waals surface area (Å²) in [7, 11) is 0. The van der Waals surface area contributed by atoms with Crippen LogP contribution < -0.4 is 0 Å². The lowest BCUT2D eigenvalue weighted by molar-refractivity contribution is 1.47. The molecule has 0 unspecified atom stereocenters. The second-order valence-electron chi connectivity index (χ2n) is 3.23. The quantitative estimate of drug-likeness (QED) is 0.614. The predicted octanol–water partition coefficient (Wildman–Crippen LogP) is 4.31. The van der Waals surface area contributed by atoms with Crippen molar-refractivity contribution in [2.45, 2.75) is 20.8 Å². The van der Waals surface area contributed by atoms with Crippen molar-refractivity contribution in [2.75, 3.05) is 0 Å². The molecule has 0 saturated heterocycles. The fourth-order valence-corrected chi connectivity index (χ4v) is 1.38. The molecule has 16 heavy (non-hydrogen) atoms. The minimum Gasteiger partial charge on any atom is -0.0683 e. The van der Waals surface area contributed by atoms with E-state index in [1.54, 1.807) is 0 Å². The summed E-state index contributed by atoms with van der Waals surface area (Å²) in [6.45, 7) is 6.11. The Bertz CT molecular complexity index is 376. The van der Waals surface area contributed by atoms with E-state index in [1.807, 2.05) is 19.9 Å². The molecule has 0 aliphatic heterocycles. The largest absolute Gasteiger partial charge is 0.0683 e. The van der Waals surface area contributed by atoms with Crippen molar-refractivity contribution in [3.05, 3.63) is 60.2 Å². The molecule has 2 aromatic rings. The van der Waals surface area contributed by atoms with Crippen LogP contribution in [0.5, 0.6) is 0 Å². The van der Waals surface area contributed by atoms with Crippen molar-refractivity contribution in [3.63, 3.8) is 0 Å². The molecule has 2 rings (SSSR count). The summed E-state index contributed by atoms with van der Waals surface area (Å²) in [5.41, 5.74) is 3.87. The maximum atomic E-state index is 2.16. The highest BCUT2D eigenvalue weighted by Crippen LogP contribution is 2.18. The van der Waals surface area contributed by atoms with Crippen molar-refractivity contribution >= 4 is 8.41 Å². The summed E-state index contributed by atoms with van der Waals surface area (Å²) in [6.07, 6.45) is 0. The van der Waals surface area contributed by atoms with Crippen LogP contribution >= 0.6 is 0 Å². The molecular weight excluding hydrogens is 191 g/mol. The van der Waals surface area contributed by atoms with E-state index in [1.165, 1.54) is 16.7 Å². The van der Waals surface area contributed by atoms with Crippen LogP contribution in [-0.2, 0) is 0 Å². The van der Waals surface area contributed by atoms with E-state index < -0.39 is 0 Å². The van der Waals surface area contributed by atoms with E-state index in [4.69, 9.17) is 0 Å². The number of aryl methyl sites for hydroxylation is 1. The summed E-state index contributed by atoms with van der Waals surface area (Å²) < 4.78 is 0. The van der Waals surface area contributed by atoms with Crippen molar-refractivity contribution in [1.82, 2.24) is 0 Å². The Balaban J connectivity index is 0.000000711. The lowest BCUT2D eigenvalue weighted by Crippen LogP contribution is -1.76. The Morgan fingerprint density at radius 3 is 1.56 bits per heavy atom. The molecule has 0 spiro atoms. The molecule has 81 valence electrons. The standard InChI is InChI=1S/C13H12.C2H6.B/c1-11-7-9-13(10-8-11)12-5-3-2-4-6-12;1-2;/h2-10H,1H3;1-2H3;. The van der Waals surface area contributed by atoms with Gasteiger partial charge in [-0.15, -0.1) is 0 Å². The molecule has 0 heterocycles. The molecule has 0 aliphatic rings. The second kappa shape index (κ2) is 7.75. The molecule has 0 saturated carbocycles. The second-order valence-corrected chi connectivity index (χ2v) is 3.23. The minimum absolute atomic E-state index is 0. The SMILES string of the molecule is CC.Cc1ccc(-c2ccccc2)cc1.[B]. The number of benzene rings is 2. The first-order valence-electron chi connectivity index (χ1n) is 5.48. The van der Waals surface area contributed by atoms with Crippen molar-refractivity contribution in [3.8, 4) is 11.1 Å². The normalized spacial score (nSPS) is 8.44. The highest BCUT2D eigenvalue weighted by Gasteiger charge is 1.93. The molecule has 2 aromatic carbocycles. The van der Waals surface area contributed by atoms with Gasteiger partial charge in [0.1, 0.15) is 0 Å². The third-order valence-corrected chi connectivity index (χ3v) is 2.16. The Morgan fingerprint density at radius 1 is 0.625 bits per heavy atom. The molecule has 0 fully saturated rings. The highest BCUT2D eigenvalue weighted by molar-refractivity contribution is 5.75. The lowest BCUT2D eigenvalue weighted by atomic mass is 10.0. The van der Waals surface area contributed by atoms with Gasteiger partial charge in [-0.25, -0.2) is 0 Å². The van der Waals surface area contributed by atoms with E-state index in [-0.39, 0.29) is 8.41 Å². The zero-order valence-electron chi connectivity index (χ0n) is 10.3. The fraction of sp³-hybridized carbons (Fsp3) is 0.200. The first-order valence-corrected chi connectivity index (χ1v) is 5.48. The van der Waals surface area contributed by atoms with Gasteiger partial charge in [-0.2, -0.15) is 0 Å². The Morgan fingerprint density at radius 2 is 1.06 bits per heavy atom. The minimum atomic E-state index is 0. The molecule has 0 atom stereocenters. The van der Waals surface area contributed by atoms with Gasteiger partial charge >= 0.3 is 0 Å². The Kier molecular flexibility index (Phi) is 7.03. The molecule has 0 nitrogen and oxygen atoms in total. The van der Waals surface area contributed by atoms with Crippen LogP contribution in [-0.4, -0.2) is 8.41 Å². The average molecular weight is 209 g/mol. The van der Waals surface area contributed by atoms with Gasteiger partial charge < -0.3 is 0 Å². The van der Waals surface area contributed by atoms with Crippen LogP contribution in [0.25, 0.3) is 11.1 Å². The van der Waals surface area contributed by atoms with Gasteiger partial charge in [0.15, 0.2) is 0 Å². The van der Waals surface area contributed by atoms with Gasteiger partial charge in [-0.1, -0.05) is 74.0 Å². The molecule has 0 bridgehead atoms. The van der Waals surface area contributed by atoms with Crippen LogP contribution in [0, 0.1) is 6.92 Å². The summed E-state index contributed by atoms with van der Waals surface area (Å²) in [4.78, 5) is 0. The van der Waals surface area contributed by atoms with Crippen LogP contribution in [0.15, 0.2) is 54.6 Å². The highest BCUT2D eigenvalue weighted by atomic mass is 14.0. The van der Waals surface area contributed by atoms with E-state index in [9.17, 15) is 0 Å². The van der Waals surface area contributed by atoms with E-state index >= 15 is 0 Å². The summed E-state index contributed by atoms with van der Waals surface area (Å²) >= 11 is 0. The Hall–Kier alpha value is -1.50. The monoisotopic (exact) mass is 209 g/mol. The van der Waals surface area contributed by atoms with Gasteiger partial charge in [0, 0.05) is 8.41 Å². The molecular formula is C15H18B. The smallest absolute Gasteiger partial charge is 0 e. The third kappa shape index (κ3) is 3.94. The first kappa shape index (κ1) is 14.5. The van der Waals surface area contributed by atoms with Crippen LogP contribution in [0.2, 0.25) is 0 Å². The average Bonchev–Trinajstić information content (AvgIpc) is 2.34. The number of hydrogen-bond acceptors (Lipinski definition) is 0. The summed E-state index contributed by atoms with van der Waals surface area (Å²) in [5, 5.41) is 0. The molecule has 1 heteroatoms. The van der Waals surface area contributed by atoms with Gasteiger partial charge in [0.25, 0.3) is 0 Å². The van der Waals surface area contributed by atoms with Crippen LogP contribution in [0.1, 0.15) is 19.4 Å². The topological polar surface area (TPSA) is 0 Å². The number of hydrogen-bond donors (Lipinski definition) is 0. The van der Waals surface area contributed by atoms with Gasteiger partial charge in [-0.3, -0.25) is 0 Å². The predicted molar refractivity (Wildman–Crippen MR) is 73.7 cm³/mol. The summed E-state index contributed by atoms with van der Waals surface area (Å²) in [5.74, 6) is 0. The van der Waals surface area contributed by atoms with Crippen molar-refractivity contribution in [1.29, 1.82) is 0 Å². The maximum absolute atomic E-state index is 2.16. The fourth-order valence-electron chi connectivity index (χ4n) is 1.38. The van der Waals surface area contributed by atoms with Gasteiger partial charge in [0.05, 0.1) is 0 Å². The molecule has 0 aromatic heterocycles. The molecule has 0 aliphatic carbocycles. The maximum Gasteiger partial charge on any atom is 0 e. The van der Waals surface area contributed by atoms with Crippen LogP contribution in [0.4, 0.5) is 0 Å².